The Kier molecular flexibility index (Phi) is 2.15. The summed E-state index contributed by atoms with van der Waals surface area (Å²) in [7, 11) is 0. The van der Waals surface area contributed by atoms with Gasteiger partial charge in [0.05, 0.1) is 6.04 Å². The maximum atomic E-state index is 11.9. The Morgan fingerprint density at radius 3 is 2.88 bits per heavy atom. The largest absolute Gasteiger partial charge is 0.477 e. The molecule has 0 aromatic carbocycles. The Bertz CT molecular complexity index is 475. The highest BCUT2D eigenvalue weighted by Crippen LogP contribution is 2.50. The molecule has 1 N–H and O–H groups in total. The Morgan fingerprint density at radius 2 is 2.24 bits per heavy atom. The first-order valence-corrected chi connectivity index (χ1v) is 6.13. The zero-order chi connectivity index (χ0) is 12.2. The number of β-lactam (4-membered cyclic amide) rings is 1. The predicted molar refractivity (Wildman–Crippen MR) is 61.0 cm³/mol. The SMILES string of the molecule is C/C=C1/C(=O)N2C(C(=O)O)=C3CCCC[C@@H]3C12. The smallest absolute Gasteiger partial charge is 0.352 e. The van der Waals surface area contributed by atoms with E-state index in [1.165, 1.54) is 4.90 Å². The molecule has 1 aliphatic carbocycles. The summed E-state index contributed by atoms with van der Waals surface area (Å²) in [6, 6.07) is 0.0221. The van der Waals surface area contributed by atoms with Gasteiger partial charge in [-0.3, -0.25) is 9.69 Å². The molecular weight excluding hydrogens is 218 g/mol. The van der Waals surface area contributed by atoms with E-state index in [0.717, 1.165) is 36.8 Å². The van der Waals surface area contributed by atoms with E-state index in [1.807, 2.05) is 13.0 Å². The maximum absolute atomic E-state index is 11.9. The van der Waals surface area contributed by atoms with Crippen molar-refractivity contribution < 1.29 is 14.7 Å². The zero-order valence-corrected chi connectivity index (χ0v) is 9.77. The summed E-state index contributed by atoms with van der Waals surface area (Å²) in [6.07, 6.45) is 5.86. The number of carbonyl (C=O) groups excluding carboxylic acids is 1. The van der Waals surface area contributed by atoms with Crippen LogP contribution in [0.25, 0.3) is 0 Å². The third kappa shape index (κ3) is 1.18. The first-order chi connectivity index (χ1) is 8.16. The van der Waals surface area contributed by atoms with Crippen molar-refractivity contribution in [2.45, 2.75) is 38.6 Å². The van der Waals surface area contributed by atoms with E-state index in [2.05, 4.69) is 0 Å². The topological polar surface area (TPSA) is 57.6 Å². The molecule has 0 radical (unpaired) electrons. The van der Waals surface area contributed by atoms with Crippen LogP contribution in [0.3, 0.4) is 0 Å². The summed E-state index contributed by atoms with van der Waals surface area (Å²) >= 11 is 0. The lowest BCUT2D eigenvalue weighted by Gasteiger charge is -2.41. The van der Waals surface area contributed by atoms with E-state index in [-0.39, 0.29) is 23.6 Å². The van der Waals surface area contributed by atoms with Crippen LogP contribution in [0, 0.1) is 5.92 Å². The molecule has 0 spiro atoms. The van der Waals surface area contributed by atoms with Crippen LogP contribution in [0.1, 0.15) is 32.6 Å². The number of aliphatic carboxylic acids is 1. The van der Waals surface area contributed by atoms with Gasteiger partial charge in [0.25, 0.3) is 5.91 Å². The van der Waals surface area contributed by atoms with Gasteiger partial charge in [0.15, 0.2) is 0 Å². The Balaban J connectivity index is 2.07. The highest BCUT2D eigenvalue weighted by molar-refractivity contribution is 6.09. The quantitative estimate of drug-likeness (QED) is 0.554. The second-order valence-corrected chi connectivity index (χ2v) is 4.90. The van der Waals surface area contributed by atoms with E-state index in [0.29, 0.717) is 0 Å². The monoisotopic (exact) mass is 233 g/mol. The molecule has 0 bridgehead atoms. The van der Waals surface area contributed by atoms with Gasteiger partial charge in [0, 0.05) is 11.5 Å². The van der Waals surface area contributed by atoms with Gasteiger partial charge in [0.2, 0.25) is 0 Å². The normalized spacial score (nSPS) is 33.6. The summed E-state index contributed by atoms with van der Waals surface area (Å²) in [5, 5.41) is 9.28. The van der Waals surface area contributed by atoms with Crippen LogP contribution in [0.2, 0.25) is 0 Å². The first kappa shape index (κ1) is 10.6. The predicted octanol–water partition coefficient (Wildman–Crippen LogP) is 1.69. The number of amides is 1. The van der Waals surface area contributed by atoms with Crippen molar-refractivity contribution in [3.63, 3.8) is 0 Å². The van der Waals surface area contributed by atoms with E-state index in [1.54, 1.807) is 0 Å². The lowest BCUT2D eigenvalue weighted by Crippen LogP contribution is -2.54. The zero-order valence-electron chi connectivity index (χ0n) is 9.77. The standard InChI is InChI=1S/C13H15NO3/c1-2-7-10-8-5-3-4-6-9(8)11(13(16)17)14(10)12(7)15/h2,8,10H,3-6H2,1H3,(H,16,17)/b7-2+/t8-,10?/m0/s1. The third-order valence-corrected chi connectivity index (χ3v) is 4.16. The lowest BCUT2D eigenvalue weighted by atomic mass is 9.77. The van der Waals surface area contributed by atoms with Crippen molar-refractivity contribution in [2.24, 2.45) is 5.92 Å². The number of allylic oxidation sites excluding steroid dienone is 1. The number of fused-ring (bicyclic) bond motifs is 3. The fraction of sp³-hybridized carbons (Fsp3) is 0.538. The molecule has 17 heavy (non-hydrogen) atoms. The van der Waals surface area contributed by atoms with Crippen molar-refractivity contribution in [2.75, 3.05) is 0 Å². The molecule has 4 heteroatoms. The molecule has 0 aromatic heterocycles. The number of hydrogen-bond acceptors (Lipinski definition) is 2. The lowest BCUT2D eigenvalue weighted by molar-refractivity contribution is -0.142. The molecule has 1 saturated heterocycles. The number of nitrogens with zero attached hydrogens (tertiary/aromatic N) is 1. The van der Waals surface area contributed by atoms with Gasteiger partial charge in [-0.25, -0.2) is 4.79 Å². The van der Waals surface area contributed by atoms with Crippen LogP contribution < -0.4 is 0 Å². The van der Waals surface area contributed by atoms with Gasteiger partial charge in [-0.2, -0.15) is 0 Å². The molecule has 1 saturated carbocycles. The van der Waals surface area contributed by atoms with Crippen molar-refractivity contribution in [1.29, 1.82) is 0 Å². The minimum Gasteiger partial charge on any atom is -0.477 e. The molecule has 2 heterocycles. The van der Waals surface area contributed by atoms with E-state index < -0.39 is 5.97 Å². The molecule has 1 unspecified atom stereocenters. The summed E-state index contributed by atoms with van der Waals surface area (Å²) in [4.78, 5) is 24.7. The van der Waals surface area contributed by atoms with Crippen LogP contribution in [0.5, 0.6) is 0 Å². The van der Waals surface area contributed by atoms with Gasteiger partial charge in [-0.05, 0) is 31.8 Å². The van der Waals surface area contributed by atoms with E-state index in [4.69, 9.17) is 0 Å². The number of carboxylic acid groups (broad SMARTS) is 1. The van der Waals surface area contributed by atoms with Gasteiger partial charge in [-0.15, -0.1) is 0 Å². The molecular formula is C13H15NO3. The number of hydrogen-bond donors (Lipinski definition) is 1. The number of carboxylic acids is 1. The molecule has 3 aliphatic rings. The molecule has 0 aromatic rings. The minimum atomic E-state index is -0.946. The third-order valence-electron chi connectivity index (χ3n) is 4.16. The molecule has 2 aliphatic heterocycles. The Hall–Kier alpha value is -1.58. The van der Waals surface area contributed by atoms with Crippen molar-refractivity contribution in [1.82, 2.24) is 4.90 Å². The van der Waals surface area contributed by atoms with E-state index in [9.17, 15) is 14.7 Å². The minimum absolute atomic E-state index is 0.0221. The van der Waals surface area contributed by atoms with Crippen molar-refractivity contribution in [3.8, 4) is 0 Å². The molecule has 4 nitrogen and oxygen atoms in total. The number of rotatable bonds is 1. The van der Waals surface area contributed by atoms with Crippen LogP contribution >= 0.6 is 0 Å². The summed E-state index contributed by atoms with van der Waals surface area (Å²) in [6.45, 7) is 1.85. The van der Waals surface area contributed by atoms with Gasteiger partial charge in [-0.1, -0.05) is 12.5 Å². The fourth-order valence-corrected chi connectivity index (χ4v) is 3.47. The fourth-order valence-electron chi connectivity index (χ4n) is 3.47. The highest BCUT2D eigenvalue weighted by atomic mass is 16.4. The average molecular weight is 233 g/mol. The first-order valence-electron chi connectivity index (χ1n) is 6.13. The molecule has 90 valence electrons. The summed E-state index contributed by atoms with van der Waals surface area (Å²) < 4.78 is 0. The van der Waals surface area contributed by atoms with Crippen molar-refractivity contribution >= 4 is 11.9 Å². The van der Waals surface area contributed by atoms with Crippen LogP contribution in [-0.4, -0.2) is 27.9 Å². The second-order valence-electron chi connectivity index (χ2n) is 4.90. The number of carbonyl (C=O) groups is 2. The van der Waals surface area contributed by atoms with Crippen LogP contribution in [0.15, 0.2) is 22.9 Å². The van der Waals surface area contributed by atoms with Crippen LogP contribution in [0.4, 0.5) is 0 Å². The molecule has 2 atom stereocenters. The Morgan fingerprint density at radius 1 is 1.47 bits per heavy atom. The second kappa shape index (κ2) is 3.45. The van der Waals surface area contributed by atoms with E-state index >= 15 is 0 Å². The molecule has 2 fully saturated rings. The van der Waals surface area contributed by atoms with Gasteiger partial charge in [0.1, 0.15) is 5.70 Å². The van der Waals surface area contributed by atoms with Crippen molar-refractivity contribution in [3.05, 3.63) is 22.9 Å². The summed E-state index contributed by atoms with van der Waals surface area (Å²) in [5.41, 5.74) is 2.07. The summed E-state index contributed by atoms with van der Waals surface area (Å²) in [5.74, 6) is -0.798. The maximum Gasteiger partial charge on any atom is 0.352 e. The Labute approximate surface area is 99.6 Å². The molecule has 3 rings (SSSR count). The molecule has 1 amide bonds. The highest BCUT2D eigenvalue weighted by Gasteiger charge is 2.56. The van der Waals surface area contributed by atoms with Gasteiger partial charge < -0.3 is 5.11 Å². The average Bonchev–Trinajstić information content (AvgIpc) is 2.61. The van der Waals surface area contributed by atoms with Gasteiger partial charge >= 0.3 is 5.97 Å². The van der Waals surface area contributed by atoms with Crippen LogP contribution in [-0.2, 0) is 9.59 Å².